The quantitative estimate of drug-likeness (QED) is 0.828. The highest BCUT2D eigenvalue weighted by molar-refractivity contribution is 6.30. The third-order valence-corrected chi connectivity index (χ3v) is 5.36. The summed E-state index contributed by atoms with van der Waals surface area (Å²) in [7, 11) is 0. The van der Waals surface area contributed by atoms with Gasteiger partial charge < -0.3 is 19.5 Å². The Morgan fingerprint density at radius 3 is 2.54 bits per heavy atom. The number of rotatable bonds is 2. The zero-order chi connectivity index (χ0) is 18.1. The van der Waals surface area contributed by atoms with E-state index in [1.165, 1.54) is 4.90 Å². The van der Waals surface area contributed by atoms with E-state index in [2.05, 4.69) is 6.07 Å². The van der Waals surface area contributed by atoms with E-state index >= 15 is 0 Å². The van der Waals surface area contributed by atoms with Gasteiger partial charge in [0.05, 0.1) is 0 Å². The molecule has 2 aliphatic rings. The molecule has 0 spiro atoms. The van der Waals surface area contributed by atoms with Crippen LogP contribution in [0.25, 0.3) is 0 Å². The molecule has 0 saturated carbocycles. The molecule has 0 unspecified atom stereocenters. The molecule has 1 saturated heterocycles. The molecule has 6 heteroatoms. The van der Waals surface area contributed by atoms with Crippen molar-refractivity contribution in [2.75, 3.05) is 19.7 Å². The fourth-order valence-electron chi connectivity index (χ4n) is 3.67. The second-order valence-electron chi connectivity index (χ2n) is 6.69. The molecule has 136 valence electrons. The van der Waals surface area contributed by atoms with Crippen LogP contribution in [0.15, 0.2) is 42.5 Å². The zero-order valence-corrected chi connectivity index (χ0v) is 15.0. The van der Waals surface area contributed by atoms with E-state index < -0.39 is 6.09 Å². The van der Waals surface area contributed by atoms with Gasteiger partial charge in [-0.15, -0.1) is 0 Å². The summed E-state index contributed by atoms with van der Waals surface area (Å²) in [6, 6.07) is 13.6. The number of hydrogen-bond donors (Lipinski definition) is 1. The van der Waals surface area contributed by atoms with Gasteiger partial charge in [-0.3, -0.25) is 0 Å². The number of benzene rings is 2. The molecule has 0 bridgehead atoms. The van der Waals surface area contributed by atoms with Gasteiger partial charge in [0.15, 0.2) is 17.6 Å². The minimum Gasteiger partial charge on any atom is -0.485 e. The lowest BCUT2D eigenvalue weighted by molar-refractivity contribution is 0.0887. The van der Waals surface area contributed by atoms with E-state index in [1.54, 1.807) is 0 Å². The first kappa shape index (κ1) is 17.0. The van der Waals surface area contributed by atoms with Gasteiger partial charge in [-0.25, -0.2) is 4.79 Å². The van der Waals surface area contributed by atoms with Crippen LogP contribution >= 0.6 is 11.6 Å². The van der Waals surface area contributed by atoms with Crippen LogP contribution < -0.4 is 9.47 Å². The summed E-state index contributed by atoms with van der Waals surface area (Å²) in [5.74, 6) is 1.83. The number of likely N-dealkylation sites (tertiary alicyclic amines) is 1. The molecule has 0 aromatic heterocycles. The number of amides is 1. The van der Waals surface area contributed by atoms with Gasteiger partial charge in [-0.1, -0.05) is 35.9 Å². The van der Waals surface area contributed by atoms with E-state index in [-0.39, 0.29) is 12.0 Å². The minimum absolute atomic E-state index is 0.163. The van der Waals surface area contributed by atoms with Crippen molar-refractivity contribution in [2.24, 2.45) is 0 Å². The third kappa shape index (κ3) is 3.31. The van der Waals surface area contributed by atoms with E-state index in [4.69, 9.17) is 26.2 Å². The van der Waals surface area contributed by atoms with Crippen molar-refractivity contribution in [3.8, 4) is 11.5 Å². The fourth-order valence-corrected chi connectivity index (χ4v) is 3.80. The molecule has 1 fully saturated rings. The van der Waals surface area contributed by atoms with Gasteiger partial charge in [0, 0.05) is 23.7 Å². The predicted octanol–water partition coefficient (Wildman–Crippen LogP) is 4.71. The molecule has 0 radical (unpaired) electrons. The SMILES string of the molecule is O=C(O)N1CCC(c2cccc3c2OC[C@@H](c2ccc(Cl)cc2)O3)CC1. The van der Waals surface area contributed by atoms with Gasteiger partial charge in [-0.2, -0.15) is 0 Å². The highest BCUT2D eigenvalue weighted by atomic mass is 35.5. The Morgan fingerprint density at radius 2 is 1.85 bits per heavy atom. The van der Waals surface area contributed by atoms with E-state index in [9.17, 15) is 4.79 Å². The first-order valence-corrected chi connectivity index (χ1v) is 9.15. The van der Waals surface area contributed by atoms with Crippen LogP contribution in [-0.4, -0.2) is 35.8 Å². The first-order valence-electron chi connectivity index (χ1n) is 8.77. The maximum atomic E-state index is 11.1. The summed E-state index contributed by atoms with van der Waals surface area (Å²) in [6.45, 7) is 1.55. The first-order chi connectivity index (χ1) is 12.6. The Balaban J connectivity index is 1.52. The Labute approximate surface area is 157 Å². The van der Waals surface area contributed by atoms with Gasteiger partial charge in [0.1, 0.15) is 6.61 Å². The molecule has 1 amide bonds. The number of fused-ring (bicyclic) bond motifs is 1. The predicted molar refractivity (Wildman–Crippen MR) is 98.3 cm³/mol. The standard InChI is InChI=1S/C20H20ClNO4/c21-15-6-4-14(5-7-15)18-12-25-19-16(2-1-3-17(19)26-18)13-8-10-22(11-9-13)20(23)24/h1-7,13,18H,8-12H2,(H,23,24)/t18-/m0/s1. The van der Waals surface area contributed by atoms with Gasteiger partial charge >= 0.3 is 6.09 Å². The number of nitrogens with zero attached hydrogens (tertiary/aromatic N) is 1. The van der Waals surface area contributed by atoms with Crippen molar-refractivity contribution in [1.29, 1.82) is 0 Å². The van der Waals surface area contributed by atoms with E-state index in [0.29, 0.717) is 24.7 Å². The highest BCUT2D eigenvalue weighted by Gasteiger charge is 2.30. The Bertz CT molecular complexity index is 800. The Hall–Kier alpha value is -2.40. The van der Waals surface area contributed by atoms with Gasteiger partial charge in [0.25, 0.3) is 0 Å². The number of para-hydroxylation sites is 1. The lowest BCUT2D eigenvalue weighted by Crippen LogP contribution is -2.37. The largest absolute Gasteiger partial charge is 0.485 e. The summed E-state index contributed by atoms with van der Waals surface area (Å²) < 4.78 is 12.3. The number of hydrogen-bond acceptors (Lipinski definition) is 3. The molecule has 4 rings (SSSR count). The Kier molecular flexibility index (Phi) is 4.64. The van der Waals surface area contributed by atoms with Crippen molar-refractivity contribution in [3.63, 3.8) is 0 Å². The second-order valence-corrected chi connectivity index (χ2v) is 7.12. The number of ether oxygens (including phenoxy) is 2. The molecule has 2 aliphatic heterocycles. The van der Waals surface area contributed by atoms with Crippen LogP contribution in [0.4, 0.5) is 4.79 Å². The minimum atomic E-state index is -0.844. The zero-order valence-electron chi connectivity index (χ0n) is 14.2. The smallest absolute Gasteiger partial charge is 0.407 e. The number of piperidine rings is 1. The van der Waals surface area contributed by atoms with Crippen LogP contribution in [0, 0.1) is 0 Å². The lowest BCUT2D eigenvalue weighted by atomic mass is 9.88. The highest BCUT2D eigenvalue weighted by Crippen LogP contribution is 2.44. The molecular formula is C20H20ClNO4. The summed E-state index contributed by atoms with van der Waals surface area (Å²) >= 11 is 5.96. The summed E-state index contributed by atoms with van der Waals surface area (Å²) in [4.78, 5) is 12.6. The van der Waals surface area contributed by atoms with E-state index in [0.717, 1.165) is 35.5 Å². The average molecular weight is 374 g/mol. The van der Waals surface area contributed by atoms with Crippen molar-refractivity contribution in [1.82, 2.24) is 4.90 Å². The van der Waals surface area contributed by atoms with Crippen LogP contribution in [0.1, 0.15) is 36.0 Å². The Morgan fingerprint density at radius 1 is 1.12 bits per heavy atom. The monoisotopic (exact) mass is 373 g/mol. The summed E-state index contributed by atoms with van der Waals surface area (Å²) in [5, 5.41) is 9.81. The molecule has 5 nitrogen and oxygen atoms in total. The fraction of sp³-hybridized carbons (Fsp3) is 0.350. The number of carboxylic acid groups (broad SMARTS) is 1. The van der Waals surface area contributed by atoms with Gasteiger partial charge in [0.2, 0.25) is 0 Å². The molecule has 1 N–H and O–H groups in total. The second kappa shape index (κ2) is 7.08. The molecular weight excluding hydrogens is 354 g/mol. The van der Waals surface area contributed by atoms with Gasteiger partial charge in [-0.05, 0) is 42.5 Å². The maximum absolute atomic E-state index is 11.1. The molecule has 26 heavy (non-hydrogen) atoms. The summed E-state index contributed by atoms with van der Waals surface area (Å²) in [6.07, 6.45) is 0.590. The van der Waals surface area contributed by atoms with Crippen molar-refractivity contribution in [3.05, 3.63) is 58.6 Å². The molecule has 2 aromatic rings. The molecule has 2 aromatic carbocycles. The van der Waals surface area contributed by atoms with Crippen LogP contribution in [-0.2, 0) is 0 Å². The van der Waals surface area contributed by atoms with Crippen LogP contribution in [0.3, 0.4) is 0 Å². The number of carbonyl (C=O) groups is 1. The molecule has 1 atom stereocenters. The van der Waals surface area contributed by atoms with E-state index in [1.807, 2.05) is 36.4 Å². The topological polar surface area (TPSA) is 59.0 Å². The van der Waals surface area contributed by atoms with Crippen molar-refractivity contribution < 1.29 is 19.4 Å². The summed E-state index contributed by atoms with van der Waals surface area (Å²) in [5.41, 5.74) is 2.14. The lowest BCUT2D eigenvalue weighted by Gasteiger charge is -2.33. The average Bonchev–Trinajstić information content (AvgIpc) is 2.68. The molecule has 0 aliphatic carbocycles. The molecule has 2 heterocycles. The van der Waals surface area contributed by atoms with Crippen molar-refractivity contribution >= 4 is 17.7 Å². The third-order valence-electron chi connectivity index (χ3n) is 5.10. The van der Waals surface area contributed by atoms with Crippen LogP contribution in [0.5, 0.6) is 11.5 Å². The maximum Gasteiger partial charge on any atom is 0.407 e. The van der Waals surface area contributed by atoms with Crippen LogP contribution in [0.2, 0.25) is 5.02 Å². The number of halogens is 1. The van der Waals surface area contributed by atoms with Crippen molar-refractivity contribution in [2.45, 2.75) is 24.9 Å². The normalized spacial score (nSPS) is 20.0.